The van der Waals surface area contributed by atoms with Gasteiger partial charge in [-0.15, -0.1) is 0 Å². The summed E-state index contributed by atoms with van der Waals surface area (Å²) in [4.78, 5) is 27.6. The Balaban J connectivity index is 0.000000496. The molecule has 0 radical (unpaired) electrons. The van der Waals surface area contributed by atoms with Gasteiger partial charge in [-0.05, 0) is 67.8 Å². The fourth-order valence-corrected chi connectivity index (χ4v) is 3.81. The van der Waals surface area contributed by atoms with Crippen LogP contribution in [0.15, 0.2) is 83.7 Å². The minimum atomic E-state index is -0.738. The summed E-state index contributed by atoms with van der Waals surface area (Å²) in [7, 11) is 1.67. The van der Waals surface area contributed by atoms with Gasteiger partial charge >= 0.3 is 0 Å². The number of phenols is 1. The fourth-order valence-electron chi connectivity index (χ4n) is 3.81. The summed E-state index contributed by atoms with van der Waals surface area (Å²) >= 11 is 0. The van der Waals surface area contributed by atoms with E-state index >= 15 is 0 Å². The number of primary amides is 1. The molecule has 1 amide bonds. The molecule has 41 heavy (non-hydrogen) atoms. The van der Waals surface area contributed by atoms with Crippen LogP contribution >= 0.6 is 0 Å². The number of amides is 1. The van der Waals surface area contributed by atoms with E-state index in [1.54, 1.807) is 26.1 Å². The highest BCUT2D eigenvalue weighted by Gasteiger charge is 2.11. The van der Waals surface area contributed by atoms with Crippen LogP contribution in [0.2, 0.25) is 0 Å². The van der Waals surface area contributed by atoms with Crippen LogP contribution in [-0.4, -0.2) is 45.0 Å². The molecule has 0 fully saturated rings. The maximum atomic E-state index is 12.0. The van der Waals surface area contributed by atoms with Crippen molar-refractivity contribution in [2.45, 2.75) is 32.4 Å². The Bertz CT molecular complexity index is 1470. The van der Waals surface area contributed by atoms with E-state index in [2.05, 4.69) is 4.98 Å². The summed E-state index contributed by atoms with van der Waals surface area (Å²) in [5, 5.41) is 19.8. The molecule has 10 nitrogen and oxygen atoms in total. The first-order valence-corrected chi connectivity index (χ1v) is 13.1. The minimum Gasteiger partial charge on any atom is -0.507 e. The lowest BCUT2D eigenvalue weighted by molar-refractivity contribution is 0.0938. The van der Waals surface area contributed by atoms with Crippen molar-refractivity contribution in [3.63, 3.8) is 0 Å². The van der Waals surface area contributed by atoms with Gasteiger partial charge in [-0.2, -0.15) is 0 Å². The average Bonchev–Trinajstić information content (AvgIpc) is 2.97. The molecule has 0 saturated heterocycles. The summed E-state index contributed by atoms with van der Waals surface area (Å²) in [6.45, 7) is 2.85. The SMILES string of the molecule is Cc1cc(=O)n(C)c(-c2ccc(OCC(O)CCCOc3ccc(O)c(C(N)=O)c3)cc2)n1.NCc1ccccc1. The third-order valence-corrected chi connectivity index (χ3v) is 6.08. The van der Waals surface area contributed by atoms with E-state index in [9.17, 15) is 19.8 Å². The number of ether oxygens (including phenoxy) is 2. The molecule has 216 valence electrons. The quantitative estimate of drug-likeness (QED) is 0.203. The van der Waals surface area contributed by atoms with E-state index in [1.807, 2.05) is 42.5 Å². The molecule has 4 aromatic rings. The lowest BCUT2D eigenvalue weighted by atomic mass is 10.2. The van der Waals surface area contributed by atoms with Gasteiger partial charge < -0.3 is 31.2 Å². The number of aryl methyl sites for hydroxylation is 1. The Labute approximate surface area is 238 Å². The van der Waals surface area contributed by atoms with Crippen molar-refractivity contribution >= 4 is 5.91 Å². The lowest BCUT2D eigenvalue weighted by Crippen LogP contribution is -2.19. The molecule has 1 heterocycles. The molecule has 0 aliphatic heterocycles. The number of rotatable bonds is 11. The van der Waals surface area contributed by atoms with Crippen LogP contribution in [0.4, 0.5) is 0 Å². The Kier molecular flexibility index (Phi) is 11.4. The van der Waals surface area contributed by atoms with Crippen LogP contribution in [0.1, 0.15) is 34.5 Å². The first kappa shape index (κ1) is 30.9. The normalized spacial score (nSPS) is 11.2. The molecule has 4 rings (SSSR count). The first-order valence-electron chi connectivity index (χ1n) is 13.1. The van der Waals surface area contributed by atoms with Gasteiger partial charge in [0.1, 0.15) is 29.7 Å². The van der Waals surface area contributed by atoms with Crippen molar-refractivity contribution in [1.29, 1.82) is 0 Å². The van der Waals surface area contributed by atoms with E-state index in [0.29, 0.717) is 49.0 Å². The molecular weight excluding hydrogens is 524 g/mol. The largest absolute Gasteiger partial charge is 0.507 e. The number of benzene rings is 3. The van der Waals surface area contributed by atoms with Crippen molar-refractivity contribution in [2.75, 3.05) is 13.2 Å². The van der Waals surface area contributed by atoms with Gasteiger partial charge in [0.05, 0.1) is 18.3 Å². The van der Waals surface area contributed by atoms with Gasteiger partial charge in [0.15, 0.2) is 0 Å². The van der Waals surface area contributed by atoms with Gasteiger partial charge in [-0.25, -0.2) is 4.98 Å². The van der Waals surface area contributed by atoms with Crippen LogP contribution in [0.5, 0.6) is 17.2 Å². The highest BCUT2D eigenvalue weighted by molar-refractivity contribution is 5.95. The van der Waals surface area contributed by atoms with E-state index in [1.165, 1.54) is 34.4 Å². The molecule has 1 aromatic heterocycles. The number of carbonyl (C=O) groups is 1. The second-order valence-electron chi connectivity index (χ2n) is 9.33. The predicted octanol–water partition coefficient (Wildman–Crippen LogP) is 3.30. The number of nitrogens with two attached hydrogens (primary N) is 2. The third kappa shape index (κ3) is 9.48. The zero-order chi connectivity index (χ0) is 29.8. The molecule has 1 unspecified atom stereocenters. The Morgan fingerprint density at radius 2 is 1.68 bits per heavy atom. The molecule has 3 aromatic carbocycles. The fraction of sp³-hybridized carbons (Fsp3) is 0.258. The molecule has 1 atom stereocenters. The highest BCUT2D eigenvalue weighted by Crippen LogP contribution is 2.23. The number of aliphatic hydroxyl groups is 1. The molecule has 10 heteroatoms. The van der Waals surface area contributed by atoms with Crippen molar-refractivity contribution in [3.8, 4) is 28.6 Å². The molecular formula is C31H36N4O6. The maximum absolute atomic E-state index is 12.0. The van der Waals surface area contributed by atoms with E-state index in [-0.39, 0.29) is 23.5 Å². The Morgan fingerprint density at radius 1 is 1.00 bits per heavy atom. The summed E-state index contributed by atoms with van der Waals surface area (Å²) < 4.78 is 12.7. The molecule has 0 saturated carbocycles. The molecule has 0 spiro atoms. The summed E-state index contributed by atoms with van der Waals surface area (Å²) in [6, 6.07) is 22.9. The van der Waals surface area contributed by atoms with Crippen molar-refractivity contribution in [2.24, 2.45) is 18.5 Å². The third-order valence-electron chi connectivity index (χ3n) is 6.08. The second-order valence-corrected chi connectivity index (χ2v) is 9.33. The minimum absolute atomic E-state index is 0.00708. The van der Waals surface area contributed by atoms with E-state index in [4.69, 9.17) is 20.9 Å². The lowest BCUT2D eigenvalue weighted by Gasteiger charge is -2.14. The average molecular weight is 561 g/mol. The number of nitrogens with zero attached hydrogens (tertiary/aromatic N) is 2. The maximum Gasteiger partial charge on any atom is 0.253 e. The highest BCUT2D eigenvalue weighted by atomic mass is 16.5. The first-order chi connectivity index (χ1) is 19.7. The summed E-state index contributed by atoms with van der Waals surface area (Å²) in [5.74, 6) is 0.637. The number of aromatic nitrogens is 2. The van der Waals surface area contributed by atoms with Crippen molar-refractivity contribution < 1.29 is 24.5 Å². The van der Waals surface area contributed by atoms with Crippen LogP contribution in [-0.2, 0) is 13.6 Å². The topological polar surface area (TPSA) is 163 Å². The number of hydrogen-bond donors (Lipinski definition) is 4. The van der Waals surface area contributed by atoms with E-state index < -0.39 is 12.0 Å². The van der Waals surface area contributed by atoms with Crippen LogP contribution in [0, 0.1) is 6.92 Å². The van der Waals surface area contributed by atoms with Gasteiger partial charge in [-0.1, -0.05) is 30.3 Å². The standard InChI is InChI=1S/C24H27N3O6.C7H9N/c1-15-12-22(30)27(2)24(26-15)16-5-7-18(8-6-16)33-14-17(28)4-3-11-32-19-9-10-21(29)20(13-19)23(25)31;8-6-7-4-2-1-3-5-7/h5-10,12-13,17,28-29H,3-4,11,14H2,1-2H3,(H2,25,31);1-5H,6,8H2. The predicted molar refractivity (Wildman–Crippen MR) is 157 cm³/mol. The number of carbonyl (C=O) groups excluding carboxylic acids is 1. The Morgan fingerprint density at radius 3 is 2.32 bits per heavy atom. The van der Waals surface area contributed by atoms with Gasteiger partial charge in [0, 0.05) is 30.9 Å². The van der Waals surface area contributed by atoms with Crippen LogP contribution < -0.4 is 26.5 Å². The van der Waals surface area contributed by atoms with Gasteiger partial charge in [-0.3, -0.25) is 14.2 Å². The summed E-state index contributed by atoms with van der Waals surface area (Å²) in [5.41, 5.74) is 13.0. The van der Waals surface area contributed by atoms with E-state index in [0.717, 1.165) is 5.56 Å². The van der Waals surface area contributed by atoms with Crippen LogP contribution in [0.3, 0.4) is 0 Å². The number of hydrogen-bond acceptors (Lipinski definition) is 8. The molecule has 0 bridgehead atoms. The van der Waals surface area contributed by atoms with Crippen molar-refractivity contribution in [3.05, 3.63) is 106 Å². The molecule has 6 N–H and O–H groups in total. The number of aromatic hydroxyl groups is 1. The monoisotopic (exact) mass is 560 g/mol. The zero-order valence-electron chi connectivity index (χ0n) is 23.2. The van der Waals surface area contributed by atoms with Gasteiger partial charge in [0.2, 0.25) is 0 Å². The Hall–Kier alpha value is -4.67. The zero-order valence-corrected chi connectivity index (χ0v) is 23.2. The summed E-state index contributed by atoms with van der Waals surface area (Å²) in [6.07, 6.45) is 0.325. The smallest absolute Gasteiger partial charge is 0.253 e. The molecule has 0 aliphatic carbocycles. The molecule has 0 aliphatic rings. The number of aliphatic hydroxyl groups excluding tert-OH is 1. The van der Waals surface area contributed by atoms with Crippen LogP contribution in [0.25, 0.3) is 11.4 Å². The second kappa shape index (κ2) is 15.2. The van der Waals surface area contributed by atoms with Crippen molar-refractivity contribution in [1.82, 2.24) is 9.55 Å². The van der Waals surface area contributed by atoms with Gasteiger partial charge in [0.25, 0.3) is 11.5 Å².